The number of carbonyl (C=O) groups excluding carboxylic acids is 1. The maximum absolute atomic E-state index is 11.6. The molecule has 8 heteroatoms. The van der Waals surface area contributed by atoms with E-state index in [-0.39, 0.29) is 23.4 Å². The van der Waals surface area contributed by atoms with Crippen LogP contribution in [0.3, 0.4) is 0 Å². The lowest BCUT2D eigenvalue weighted by Crippen LogP contribution is -2.32. The van der Waals surface area contributed by atoms with Gasteiger partial charge in [0.2, 0.25) is 10.0 Å². The Morgan fingerprint density at radius 2 is 2.24 bits per heavy atom. The van der Waals surface area contributed by atoms with E-state index in [1.807, 2.05) is 0 Å². The third-order valence-corrected chi connectivity index (χ3v) is 3.53. The lowest BCUT2D eigenvalue weighted by atomic mass is 10.2. The molecule has 1 heterocycles. The molecule has 0 spiro atoms. The van der Waals surface area contributed by atoms with Crippen molar-refractivity contribution in [1.29, 1.82) is 0 Å². The molecule has 0 unspecified atom stereocenters. The minimum absolute atomic E-state index is 0.0297. The Balaban J connectivity index is 2.51. The summed E-state index contributed by atoms with van der Waals surface area (Å²) in [4.78, 5) is 15.3. The molecule has 1 aromatic heterocycles. The fourth-order valence-corrected chi connectivity index (χ4v) is 1.80. The first-order valence-electron chi connectivity index (χ1n) is 4.75. The zero-order valence-corrected chi connectivity index (χ0v) is 10.7. The molecule has 0 aliphatic heterocycles. The summed E-state index contributed by atoms with van der Waals surface area (Å²) < 4.78 is 24.3. The summed E-state index contributed by atoms with van der Waals surface area (Å²) in [5, 5.41) is 2.68. The Hall–Kier alpha value is -1.18. The summed E-state index contributed by atoms with van der Waals surface area (Å²) in [6, 6.07) is 2.90. The zero-order chi connectivity index (χ0) is 12.9. The summed E-state index contributed by atoms with van der Waals surface area (Å²) in [5.41, 5.74) is 0.340. The van der Waals surface area contributed by atoms with E-state index in [0.717, 1.165) is 0 Å². The third-order valence-electron chi connectivity index (χ3n) is 1.96. The van der Waals surface area contributed by atoms with Gasteiger partial charge in [-0.25, -0.2) is 18.1 Å². The van der Waals surface area contributed by atoms with Crippen LogP contribution in [0.1, 0.15) is 10.4 Å². The quantitative estimate of drug-likeness (QED) is 0.743. The first kappa shape index (κ1) is 13.9. The topological polar surface area (TPSA) is 88.2 Å². The van der Waals surface area contributed by atoms with Crippen LogP contribution in [0.5, 0.6) is 0 Å². The standard InChI is InChI=1S/C9H12ClN3O3S/c1-11-17(15,16)5-4-13-9(14)7-2-3-12-8(10)6-7/h2-3,6,11H,4-5H2,1H3,(H,13,14). The van der Waals surface area contributed by atoms with Crippen molar-refractivity contribution in [1.82, 2.24) is 15.0 Å². The van der Waals surface area contributed by atoms with Gasteiger partial charge >= 0.3 is 0 Å². The van der Waals surface area contributed by atoms with Gasteiger partial charge in [-0.2, -0.15) is 0 Å². The number of hydrogen-bond donors (Lipinski definition) is 2. The Kier molecular flexibility index (Phi) is 4.86. The molecule has 17 heavy (non-hydrogen) atoms. The van der Waals surface area contributed by atoms with Gasteiger partial charge in [-0.1, -0.05) is 11.6 Å². The van der Waals surface area contributed by atoms with E-state index in [9.17, 15) is 13.2 Å². The van der Waals surface area contributed by atoms with Crippen LogP contribution in [0.15, 0.2) is 18.3 Å². The maximum Gasteiger partial charge on any atom is 0.251 e. The Morgan fingerprint density at radius 3 is 2.82 bits per heavy atom. The molecule has 0 aromatic carbocycles. The van der Waals surface area contributed by atoms with Crippen molar-refractivity contribution in [3.8, 4) is 0 Å². The fourth-order valence-electron chi connectivity index (χ4n) is 1.05. The van der Waals surface area contributed by atoms with Crippen LogP contribution in [0.2, 0.25) is 5.15 Å². The first-order valence-corrected chi connectivity index (χ1v) is 6.78. The predicted octanol–water partition coefficient (Wildman–Crippen LogP) is 0.0140. The van der Waals surface area contributed by atoms with Gasteiger partial charge in [0, 0.05) is 18.3 Å². The molecular weight excluding hydrogens is 266 g/mol. The maximum atomic E-state index is 11.6. The summed E-state index contributed by atoms with van der Waals surface area (Å²) in [6.45, 7) is 0.0297. The Morgan fingerprint density at radius 1 is 1.53 bits per heavy atom. The monoisotopic (exact) mass is 277 g/mol. The van der Waals surface area contributed by atoms with Crippen molar-refractivity contribution in [2.24, 2.45) is 0 Å². The smallest absolute Gasteiger partial charge is 0.251 e. The number of rotatable bonds is 5. The van der Waals surface area contributed by atoms with Gasteiger partial charge in [0.15, 0.2) is 0 Å². The first-order chi connectivity index (χ1) is 7.94. The largest absolute Gasteiger partial charge is 0.351 e. The molecule has 0 aliphatic rings. The molecule has 1 aromatic rings. The van der Waals surface area contributed by atoms with E-state index in [1.165, 1.54) is 25.4 Å². The highest BCUT2D eigenvalue weighted by atomic mass is 35.5. The Bertz CT molecular complexity index is 504. The van der Waals surface area contributed by atoms with E-state index in [1.54, 1.807) is 0 Å². The van der Waals surface area contributed by atoms with Gasteiger partial charge in [-0.3, -0.25) is 4.79 Å². The molecule has 6 nitrogen and oxygen atoms in total. The predicted molar refractivity (Wildman–Crippen MR) is 64.4 cm³/mol. The van der Waals surface area contributed by atoms with Crippen molar-refractivity contribution in [3.05, 3.63) is 29.0 Å². The van der Waals surface area contributed by atoms with Crippen LogP contribution in [0, 0.1) is 0 Å². The highest BCUT2D eigenvalue weighted by Crippen LogP contribution is 2.06. The van der Waals surface area contributed by atoms with Gasteiger partial charge in [-0.15, -0.1) is 0 Å². The molecule has 1 amide bonds. The van der Waals surface area contributed by atoms with Crippen molar-refractivity contribution in [2.45, 2.75) is 0 Å². The van der Waals surface area contributed by atoms with E-state index in [4.69, 9.17) is 11.6 Å². The molecule has 0 fully saturated rings. The molecule has 0 radical (unpaired) electrons. The molecule has 1 rings (SSSR count). The number of nitrogens with zero attached hydrogens (tertiary/aromatic N) is 1. The highest BCUT2D eigenvalue weighted by Gasteiger charge is 2.09. The molecule has 0 saturated heterocycles. The van der Waals surface area contributed by atoms with Crippen molar-refractivity contribution < 1.29 is 13.2 Å². The number of amides is 1. The average Bonchev–Trinajstić information content (AvgIpc) is 2.28. The van der Waals surface area contributed by atoms with Crippen molar-refractivity contribution in [3.63, 3.8) is 0 Å². The van der Waals surface area contributed by atoms with E-state index >= 15 is 0 Å². The fraction of sp³-hybridized carbons (Fsp3) is 0.333. The third kappa shape index (κ3) is 4.68. The number of sulfonamides is 1. The van der Waals surface area contributed by atoms with Crippen LogP contribution in [0.4, 0.5) is 0 Å². The van der Waals surface area contributed by atoms with Crippen LogP contribution >= 0.6 is 11.6 Å². The van der Waals surface area contributed by atoms with Crippen LogP contribution in [-0.4, -0.2) is 38.7 Å². The highest BCUT2D eigenvalue weighted by molar-refractivity contribution is 7.89. The van der Waals surface area contributed by atoms with E-state index < -0.39 is 10.0 Å². The van der Waals surface area contributed by atoms with Gasteiger partial charge in [0.1, 0.15) is 5.15 Å². The molecule has 94 valence electrons. The summed E-state index contributed by atoms with van der Waals surface area (Å²) in [5.74, 6) is -0.561. The number of carbonyl (C=O) groups is 1. The summed E-state index contributed by atoms with van der Waals surface area (Å²) in [6.07, 6.45) is 1.40. The van der Waals surface area contributed by atoms with E-state index in [0.29, 0.717) is 5.56 Å². The van der Waals surface area contributed by atoms with Gasteiger partial charge in [0.25, 0.3) is 5.91 Å². The normalized spacial score (nSPS) is 11.2. The second-order valence-corrected chi connectivity index (χ2v) is 5.58. The number of nitrogens with one attached hydrogen (secondary N) is 2. The number of pyridine rings is 1. The molecular formula is C9H12ClN3O3S. The minimum atomic E-state index is -3.31. The molecule has 0 aliphatic carbocycles. The molecule has 0 saturated carbocycles. The van der Waals surface area contributed by atoms with Gasteiger partial charge in [-0.05, 0) is 19.2 Å². The second kappa shape index (κ2) is 5.95. The van der Waals surface area contributed by atoms with Gasteiger partial charge < -0.3 is 5.32 Å². The minimum Gasteiger partial charge on any atom is -0.351 e. The average molecular weight is 278 g/mol. The SMILES string of the molecule is CNS(=O)(=O)CCNC(=O)c1ccnc(Cl)c1. The van der Waals surface area contributed by atoms with Crippen molar-refractivity contribution >= 4 is 27.5 Å². The number of halogens is 1. The zero-order valence-electron chi connectivity index (χ0n) is 9.10. The molecule has 2 N–H and O–H groups in total. The van der Waals surface area contributed by atoms with Crippen molar-refractivity contribution in [2.75, 3.05) is 19.3 Å². The lowest BCUT2D eigenvalue weighted by molar-refractivity contribution is 0.0956. The lowest BCUT2D eigenvalue weighted by Gasteiger charge is -2.05. The number of aromatic nitrogens is 1. The molecule has 0 bridgehead atoms. The van der Waals surface area contributed by atoms with Gasteiger partial charge in [0.05, 0.1) is 5.75 Å². The summed E-state index contributed by atoms with van der Waals surface area (Å²) >= 11 is 5.62. The summed E-state index contributed by atoms with van der Waals surface area (Å²) in [7, 11) is -1.99. The molecule has 0 atom stereocenters. The van der Waals surface area contributed by atoms with E-state index in [2.05, 4.69) is 15.0 Å². The van der Waals surface area contributed by atoms with Crippen LogP contribution in [0.25, 0.3) is 0 Å². The van der Waals surface area contributed by atoms with Crippen LogP contribution in [-0.2, 0) is 10.0 Å². The van der Waals surface area contributed by atoms with Crippen LogP contribution < -0.4 is 10.0 Å². The number of hydrogen-bond acceptors (Lipinski definition) is 4. The second-order valence-electron chi connectivity index (χ2n) is 3.15. The Labute approximate surface area is 104 Å².